The number of hydrogen-bond acceptors (Lipinski definition) is 3. The van der Waals surface area contributed by atoms with E-state index in [2.05, 4.69) is 5.32 Å². The second-order valence-corrected chi connectivity index (χ2v) is 4.99. The number of hydrogen-bond donors (Lipinski definition) is 1. The van der Waals surface area contributed by atoms with Crippen molar-refractivity contribution in [1.82, 2.24) is 10.2 Å². The second kappa shape index (κ2) is 7.04. The Morgan fingerprint density at radius 3 is 2.26 bits per heavy atom. The summed E-state index contributed by atoms with van der Waals surface area (Å²) in [7, 11) is 3.43. The van der Waals surface area contributed by atoms with Gasteiger partial charge in [-0.1, -0.05) is 29.8 Å². The first kappa shape index (κ1) is 15.4. The summed E-state index contributed by atoms with van der Waals surface area (Å²) in [4.78, 5) is 24.7. The number of carbonyl (C=O) groups is 2. The third-order valence-corrected chi connectivity index (χ3v) is 3.09. The van der Waals surface area contributed by atoms with E-state index >= 15 is 0 Å². The summed E-state index contributed by atoms with van der Waals surface area (Å²) in [6.07, 6.45) is 0. The molecule has 0 aliphatic heterocycles. The Bertz CT molecular complexity index is 438. The van der Waals surface area contributed by atoms with Crippen molar-refractivity contribution in [1.29, 1.82) is 0 Å². The molecular formula is C15H22N2O2. The largest absolute Gasteiger partial charge is 0.348 e. The molecule has 0 aromatic heterocycles. The number of carbonyl (C=O) groups excluding carboxylic acids is 2. The third kappa shape index (κ3) is 4.83. The van der Waals surface area contributed by atoms with Crippen LogP contribution in [0.1, 0.15) is 24.0 Å². The number of nitrogens with zero attached hydrogens (tertiary/aromatic N) is 1. The summed E-state index contributed by atoms with van der Waals surface area (Å²) in [5, 5.41) is 3.05. The highest BCUT2D eigenvalue weighted by Crippen LogP contribution is 2.16. The second-order valence-electron chi connectivity index (χ2n) is 4.99. The number of aryl methyl sites for hydroxylation is 1. The molecule has 0 aliphatic carbocycles. The molecule has 0 fully saturated rings. The van der Waals surface area contributed by atoms with Crippen molar-refractivity contribution >= 4 is 11.7 Å². The molecule has 1 atom stereocenters. The number of Topliss-reactive ketones (excluding diaryl/α,β-unsaturated/α-hetero) is 1. The van der Waals surface area contributed by atoms with Crippen molar-refractivity contribution in [3.8, 4) is 0 Å². The number of rotatable bonds is 6. The lowest BCUT2D eigenvalue weighted by molar-refractivity contribution is -0.128. The molecule has 0 unspecified atom stereocenters. The third-order valence-electron chi connectivity index (χ3n) is 3.09. The first-order valence-corrected chi connectivity index (χ1v) is 6.39. The van der Waals surface area contributed by atoms with Crippen LogP contribution in [0.2, 0.25) is 0 Å². The lowest BCUT2D eigenvalue weighted by Gasteiger charge is -2.16. The van der Waals surface area contributed by atoms with Crippen LogP contribution in [0.5, 0.6) is 0 Å². The van der Waals surface area contributed by atoms with Gasteiger partial charge < -0.3 is 10.2 Å². The molecule has 1 rings (SSSR count). The highest BCUT2D eigenvalue weighted by molar-refractivity contribution is 5.84. The van der Waals surface area contributed by atoms with Gasteiger partial charge in [0, 0.05) is 20.6 Å². The molecule has 4 nitrogen and oxygen atoms in total. The number of ketones is 1. The maximum absolute atomic E-state index is 11.7. The topological polar surface area (TPSA) is 49.4 Å². The van der Waals surface area contributed by atoms with Crippen molar-refractivity contribution < 1.29 is 9.59 Å². The van der Waals surface area contributed by atoms with E-state index < -0.39 is 0 Å². The zero-order valence-corrected chi connectivity index (χ0v) is 12.1. The maximum atomic E-state index is 11.7. The lowest BCUT2D eigenvalue weighted by Crippen LogP contribution is -2.36. The molecule has 1 aromatic rings. The molecule has 0 heterocycles. The summed E-state index contributed by atoms with van der Waals surface area (Å²) >= 11 is 0. The molecule has 0 spiro atoms. The standard InChI is InChI=1S/C15H22N2O2/c1-11-5-7-13(8-6-11)14(12(2)18)9-16-10-15(19)17(3)4/h5-8,14,16H,9-10H2,1-4H3/t14-/m0/s1. The number of nitrogens with one attached hydrogen (secondary N) is 1. The van der Waals surface area contributed by atoms with Gasteiger partial charge in [-0.15, -0.1) is 0 Å². The van der Waals surface area contributed by atoms with Crippen LogP contribution in [0.15, 0.2) is 24.3 Å². The summed E-state index contributed by atoms with van der Waals surface area (Å²) in [6.45, 7) is 4.33. The van der Waals surface area contributed by atoms with Crippen molar-refractivity contribution in [3.63, 3.8) is 0 Å². The van der Waals surface area contributed by atoms with Crippen LogP contribution in [0.4, 0.5) is 0 Å². The zero-order valence-electron chi connectivity index (χ0n) is 12.1. The Labute approximate surface area is 114 Å². The van der Waals surface area contributed by atoms with Crippen molar-refractivity contribution in [3.05, 3.63) is 35.4 Å². The summed E-state index contributed by atoms with van der Waals surface area (Å²) in [5.41, 5.74) is 2.16. The van der Waals surface area contributed by atoms with Crippen LogP contribution in [0, 0.1) is 6.92 Å². The fraction of sp³-hybridized carbons (Fsp3) is 0.467. The summed E-state index contributed by atoms with van der Waals surface area (Å²) < 4.78 is 0. The first-order valence-electron chi connectivity index (χ1n) is 6.39. The minimum Gasteiger partial charge on any atom is -0.348 e. The molecule has 0 saturated carbocycles. The molecule has 19 heavy (non-hydrogen) atoms. The molecule has 0 saturated heterocycles. The molecule has 1 N–H and O–H groups in total. The molecule has 0 radical (unpaired) electrons. The Kier molecular flexibility index (Phi) is 5.70. The van der Waals surface area contributed by atoms with Crippen LogP contribution in [0.25, 0.3) is 0 Å². The summed E-state index contributed by atoms with van der Waals surface area (Å²) in [6, 6.07) is 7.93. The summed E-state index contributed by atoms with van der Waals surface area (Å²) in [5.74, 6) is -0.0876. The lowest BCUT2D eigenvalue weighted by atomic mass is 9.94. The predicted octanol–water partition coefficient (Wildman–Crippen LogP) is 1.35. The molecular weight excluding hydrogens is 240 g/mol. The normalized spacial score (nSPS) is 12.0. The maximum Gasteiger partial charge on any atom is 0.236 e. The van der Waals surface area contributed by atoms with Gasteiger partial charge in [0.25, 0.3) is 0 Å². The minimum absolute atomic E-state index is 0.00575. The monoisotopic (exact) mass is 262 g/mol. The van der Waals surface area contributed by atoms with E-state index in [0.29, 0.717) is 6.54 Å². The number of amides is 1. The van der Waals surface area contributed by atoms with Gasteiger partial charge in [0.15, 0.2) is 0 Å². The SMILES string of the molecule is CC(=O)[C@H](CNCC(=O)N(C)C)c1ccc(C)cc1. The van der Waals surface area contributed by atoms with Crippen molar-refractivity contribution in [2.45, 2.75) is 19.8 Å². The highest BCUT2D eigenvalue weighted by Gasteiger charge is 2.16. The average Bonchev–Trinajstić information content (AvgIpc) is 2.35. The van der Waals surface area contributed by atoms with Crippen molar-refractivity contribution in [2.75, 3.05) is 27.2 Å². The average molecular weight is 262 g/mol. The van der Waals surface area contributed by atoms with E-state index in [4.69, 9.17) is 0 Å². The van der Waals surface area contributed by atoms with Gasteiger partial charge in [0.1, 0.15) is 5.78 Å². The molecule has 0 aliphatic rings. The number of benzene rings is 1. The van der Waals surface area contributed by atoms with Gasteiger partial charge in [0.05, 0.1) is 12.5 Å². The Morgan fingerprint density at radius 2 is 1.79 bits per heavy atom. The first-order chi connectivity index (χ1) is 8.91. The van der Waals surface area contributed by atoms with Gasteiger partial charge in [-0.3, -0.25) is 9.59 Å². The van der Waals surface area contributed by atoms with Gasteiger partial charge in [-0.05, 0) is 19.4 Å². The van der Waals surface area contributed by atoms with E-state index in [1.807, 2.05) is 31.2 Å². The predicted molar refractivity (Wildman–Crippen MR) is 76.2 cm³/mol. The van der Waals surface area contributed by atoms with E-state index in [9.17, 15) is 9.59 Å². The quantitative estimate of drug-likeness (QED) is 0.842. The fourth-order valence-corrected chi connectivity index (χ4v) is 1.78. The van der Waals surface area contributed by atoms with E-state index in [1.54, 1.807) is 21.0 Å². The van der Waals surface area contributed by atoms with Crippen LogP contribution in [0.3, 0.4) is 0 Å². The van der Waals surface area contributed by atoms with Crippen LogP contribution in [-0.4, -0.2) is 43.8 Å². The Hall–Kier alpha value is -1.68. The highest BCUT2D eigenvalue weighted by atomic mass is 16.2. The van der Waals surface area contributed by atoms with E-state index in [-0.39, 0.29) is 24.2 Å². The Balaban J connectivity index is 2.62. The van der Waals surface area contributed by atoms with Crippen molar-refractivity contribution in [2.24, 2.45) is 0 Å². The van der Waals surface area contributed by atoms with E-state index in [0.717, 1.165) is 5.56 Å². The number of likely N-dealkylation sites (N-methyl/N-ethyl adjacent to an activating group) is 1. The molecule has 4 heteroatoms. The van der Waals surface area contributed by atoms with E-state index in [1.165, 1.54) is 10.5 Å². The molecule has 1 amide bonds. The van der Waals surface area contributed by atoms with Crippen LogP contribution in [-0.2, 0) is 9.59 Å². The molecule has 1 aromatic carbocycles. The fourth-order valence-electron chi connectivity index (χ4n) is 1.78. The smallest absolute Gasteiger partial charge is 0.236 e. The Morgan fingerprint density at radius 1 is 1.21 bits per heavy atom. The van der Waals surface area contributed by atoms with Crippen LogP contribution >= 0.6 is 0 Å². The van der Waals surface area contributed by atoms with Gasteiger partial charge in [0.2, 0.25) is 5.91 Å². The van der Waals surface area contributed by atoms with Gasteiger partial charge >= 0.3 is 0 Å². The molecule has 104 valence electrons. The molecule has 0 bridgehead atoms. The minimum atomic E-state index is -0.199. The van der Waals surface area contributed by atoms with Crippen LogP contribution < -0.4 is 5.32 Å². The van der Waals surface area contributed by atoms with Gasteiger partial charge in [-0.2, -0.15) is 0 Å². The van der Waals surface area contributed by atoms with Gasteiger partial charge in [-0.25, -0.2) is 0 Å². The zero-order chi connectivity index (χ0) is 14.4.